The van der Waals surface area contributed by atoms with Gasteiger partial charge in [0.05, 0.1) is 0 Å². The van der Waals surface area contributed by atoms with E-state index in [2.05, 4.69) is 90.1 Å². The van der Waals surface area contributed by atoms with Gasteiger partial charge in [0.2, 0.25) is 0 Å². The summed E-state index contributed by atoms with van der Waals surface area (Å²) in [5, 5.41) is 0. The summed E-state index contributed by atoms with van der Waals surface area (Å²) in [6.07, 6.45) is 4.77. The van der Waals surface area contributed by atoms with Crippen molar-refractivity contribution >= 4 is 23.5 Å². The Morgan fingerprint density at radius 3 is 1.46 bits per heavy atom. The van der Waals surface area contributed by atoms with Crippen LogP contribution in [-0.2, 0) is 5.41 Å². The molecule has 0 saturated carbocycles. The quantitative estimate of drug-likeness (QED) is 0.396. The van der Waals surface area contributed by atoms with Crippen molar-refractivity contribution < 1.29 is 0 Å². The highest BCUT2D eigenvalue weighted by Crippen LogP contribution is 2.39. The molecule has 2 heteroatoms. The molecule has 0 nitrogen and oxygen atoms in total. The molecule has 142 valence electrons. The van der Waals surface area contributed by atoms with Crippen LogP contribution in [0.3, 0.4) is 0 Å². The van der Waals surface area contributed by atoms with Crippen LogP contribution in [-0.4, -0.2) is 4.75 Å². The molecule has 0 radical (unpaired) electrons. The molecule has 0 bridgehead atoms. The molecule has 0 aliphatic heterocycles. The Labute approximate surface area is 169 Å². The molecule has 0 unspecified atom stereocenters. The van der Waals surface area contributed by atoms with Crippen molar-refractivity contribution in [3.63, 3.8) is 0 Å². The van der Waals surface area contributed by atoms with Gasteiger partial charge in [-0.2, -0.15) is 0 Å². The average Bonchev–Trinajstić information content (AvgIpc) is 2.69. The maximum Gasteiger partial charge on any atom is 0.0173 e. The van der Waals surface area contributed by atoms with Gasteiger partial charge in [-0.1, -0.05) is 65.4 Å². The predicted octanol–water partition coefficient (Wildman–Crippen LogP) is 8.59. The smallest absolute Gasteiger partial charge is 0.0173 e. The van der Waals surface area contributed by atoms with E-state index in [9.17, 15) is 0 Å². The second-order valence-corrected chi connectivity index (χ2v) is 10.4. The SMILES string of the molecule is CCC(C)(CC)Sc1ccc(Sc2ccc(C(C)(CC)CC)cc2)cc1. The van der Waals surface area contributed by atoms with Crippen molar-refractivity contribution in [2.24, 2.45) is 0 Å². The lowest BCUT2D eigenvalue weighted by molar-refractivity contribution is 0.438. The van der Waals surface area contributed by atoms with Gasteiger partial charge in [-0.3, -0.25) is 0 Å². The molecule has 2 aromatic carbocycles. The molecule has 0 aliphatic carbocycles. The van der Waals surface area contributed by atoms with E-state index in [1.807, 2.05) is 23.5 Å². The fourth-order valence-corrected chi connectivity index (χ4v) is 4.92. The molecule has 0 aliphatic rings. The first kappa shape index (κ1) is 21.4. The molecule has 0 spiro atoms. The van der Waals surface area contributed by atoms with E-state index < -0.39 is 0 Å². The van der Waals surface area contributed by atoms with E-state index in [0.29, 0.717) is 10.2 Å². The lowest BCUT2D eigenvalue weighted by Crippen LogP contribution is -2.19. The molecule has 0 saturated heterocycles. The summed E-state index contributed by atoms with van der Waals surface area (Å²) in [5.74, 6) is 0. The number of benzene rings is 2. The molecule has 0 heterocycles. The minimum atomic E-state index is 0.299. The number of thioether (sulfide) groups is 1. The van der Waals surface area contributed by atoms with Crippen LogP contribution in [0.25, 0.3) is 0 Å². The number of hydrogen-bond donors (Lipinski definition) is 0. The normalized spacial score (nSPS) is 12.4. The van der Waals surface area contributed by atoms with Gasteiger partial charge in [0.15, 0.2) is 0 Å². The monoisotopic (exact) mass is 386 g/mol. The summed E-state index contributed by atoms with van der Waals surface area (Å²) in [6.45, 7) is 13.9. The second kappa shape index (κ2) is 9.37. The Bertz CT molecular complexity index is 662. The Hall–Kier alpha value is -0.860. The maximum atomic E-state index is 2.37. The predicted molar refractivity (Wildman–Crippen MR) is 120 cm³/mol. The van der Waals surface area contributed by atoms with Crippen LogP contribution >= 0.6 is 23.5 Å². The van der Waals surface area contributed by atoms with Crippen LogP contribution in [0.1, 0.15) is 72.8 Å². The molecular weight excluding hydrogens is 352 g/mol. The van der Waals surface area contributed by atoms with Crippen LogP contribution in [0.5, 0.6) is 0 Å². The van der Waals surface area contributed by atoms with Crippen LogP contribution in [0.2, 0.25) is 0 Å². The fraction of sp³-hybridized carbons (Fsp3) is 0.500. The summed E-state index contributed by atoms with van der Waals surface area (Å²) in [5.41, 5.74) is 1.75. The van der Waals surface area contributed by atoms with E-state index in [1.165, 1.54) is 45.9 Å². The molecular formula is C24H34S2. The third-order valence-corrected chi connectivity index (χ3v) is 8.63. The molecule has 26 heavy (non-hydrogen) atoms. The van der Waals surface area contributed by atoms with Crippen LogP contribution in [0.15, 0.2) is 63.2 Å². The molecule has 0 atom stereocenters. The van der Waals surface area contributed by atoms with E-state index >= 15 is 0 Å². The first-order chi connectivity index (χ1) is 12.4. The zero-order chi connectivity index (χ0) is 19.2. The van der Waals surface area contributed by atoms with Crippen molar-refractivity contribution in [1.82, 2.24) is 0 Å². The standard InChI is InChI=1S/C24H34S2/c1-7-23(5,8-2)19-11-13-20(14-12-19)25-21-15-17-22(18-16-21)26-24(6,9-3)10-4/h11-18H,7-10H2,1-6H3. The largest absolute Gasteiger partial charge is 0.120 e. The third kappa shape index (κ3) is 5.33. The number of rotatable bonds is 9. The number of hydrogen-bond acceptors (Lipinski definition) is 2. The Morgan fingerprint density at radius 2 is 1.04 bits per heavy atom. The molecule has 2 aromatic rings. The summed E-state index contributed by atoms with van der Waals surface area (Å²) in [6, 6.07) is 18.2. The van der Waals surface area contributed by atoms with Crippen molar-refractivity contribution in [1.29, 1.82) is 0 Å². The lowest BCUT2D eigenvalue weighted by Gasteiger charge is -2.27. The minimum absolute atomic E-state index is 0.299. The van der Waals surface area contributed by atoms with Crippen molar-refractivity contribution in [2.45, 2.75) is 92.1 Å². The average molecular weight is 387 g/mol. The van der Waals surface area contributed by atoms with Crippen LogP contribution < -0.4 is 0 Å². The van der Waals surface area contributed by atoms with Gasteiger partial charge < -0.3 is 0 Å². The molecule has 0 N–H and O–H groups in total. The van der Waals surface area contributed by atoms with Gasteiger partial charge >= 0.3 is 0 Å². The highest BCUT2D eigenvalue weighted by molar-refractivity contribution is 8.00. The van der Waals surface area contributed by atoms with E-state index in [4.69, 9.17) is 0 Å². The van der Waals surface area contributed by atoms with Gasteiger partial charge in [-0.25, -0.2) is 0 Å². The Balaban J connectivity index is 2.05. The van der Waals surface area contributed by atoms with Crippen molar-refractivity contribution in [3.8, 4) is 0 Å². The first-order valence-electron chi connectivity index (χ1n) is 9.95. The van der Waals surface area contributed by atoms with Crippen molar-refractivity contribution in [3.05, 3.63) is 54.1 Å². The zero-order valence-corrected chi connectivity index (χ0v) is 18.9. The van der Waals surface area contributed by atoms with Gasteiger partial charge in [0.25, 0.3) is 0 Å². The summed E-state index contributed by atoms with van der Waals surface area (Å²) < 4.78 is 0.343. The summed E-state index contributed by atoms with van der Waals surface area (Å²) in [7, 11) is 0. The van der Waals surface area contributed by atoms with E-state index in [0.717, 1.165) is 0 Å². The van der Waals surface area contributed by atoms with Crippen LogP contribution in [0.4, 0.5) is 0 Å². The Kier molecular flexibility index (Phi) is 7.73. The topological polar surface area (TPSA) is 0 Å². The van der Waals surface area contributed by atoms with Gasteiger partial charge in [-0.05, 0) is 73.1 Å². The molecule has 2 rings (SSSR count). The minimum Gasteiger partial charge on any atom is -0.120 e. The van der Waals surface area contributed by atoms with Gasteiger partial charge in [0.1, 0.15) is 0 Å². The maximum absolute atomic E-state index is 2.37. The fourth-order valence-electron chi connectivity index (χ4n) is 2.97. The van der Waals surface area contributed by atoms with E-state index in [1.54, 1.807) is 0 Å². The summed E-state index contributed by atoms with van der Waals surface area (Å²) in [4.78, 5) is 4.00. The second-order valence-electron chi connectivity index (χ2n) is 7.62. The van der Waals surface area contributed by atoms with E-state index in [-0.39, 0.29) is 0 Å². The zero-order valence-electron chi connectivity index (χ0n) is 17.3. The molecule has 0 fully saturated rings. The Morgan fingerprint density at radius 1 is 0.615 bits per heavy atom. The highest BCUT2D eigenvalue weighted by atomic mass is 32.2. The van der Waals surface area contributed by atoms with Gasteiger partial charge in [-0.15, -0.1) is 11.8 Å². The van der Waals surface area contributed by atoms with Gasteiger partial charge in [0, 0.05) is 19.4 Å². The lowest BCUT2D eigenvalue weighted by atomic mass is 9.78. The van der Waals surface area contributed by atoms with Crippen LogP contribution in [0, 0.1) is 0 Å². The molecule has 0 aromatic heterocycles. The third-order valence-electron chi connectivity index (χ3n) is 6.03. The highest BCUT2D eigenvalue weighted by Gasteiger charge is 2.22. The first-order valence-corrected chi connectivity index (χ1v) is 11.6. The van der Waals surface area contributed by atoms with Crippen molar-refractivity contribution in [2.75, 3.05) is 0 Å². The summed E-state index contributed by atoms with van der Waals surface area (Å²) >= 11 is 3.86. The molecule has 0 amide bonds.